The number of phenols is 4. The standard InChI is InChI=1S/C13H10O5.Na.H/c14-9-6-8(11(16)13(18)12(9)17)10(15)7-4-2-1-3-5-7;;/h1-6,14,16-18H;;/q;+1;-1. The molecule has 0 fully saturated rings. The van der Waals surface area contributed by atoms with Gasteiger partial charge in [0.1, 0.15) is 0 Å². The molecule has 2 rings (SSSR count). The van der Waals surface area contributed by atoms with Gasteiger partial charge in [0.05, 0.1) is 5.56 Å². The zero-order valence-electron chi connectivity index (χ0n) is 11.2. The van der Waals surface area contributed by atoms with E-state index >= 15 is 0 Å². The van der Waals surface area contributed by atoms with Crippen LogP contribution in [0.25, 0.3) is 0 Å². The molecule has 19 heavy (non-hydrogen) atoms. The molecule has 94 valence electrons. The number of carbonyl (C=O) groups excluding carboxylic acids is 1. The Morgan fingerprint density at radius 1 is 0.895 bits per heavy atom. The molecule has 5 nitrogen and oxygen atoms in total. The van der Waals surface area contributed by atoms with Gasteiger partial charge in [0.2, 0.25) is 11.5 Å². The van der Waals surface area contributed by atoms with Crippen molar-refractivity contribution in [3.63, 3.8) is 0 Å². The molecule has 0 spiro atoms. The predicted octanol–water partition coefficient (Wildman–Crippen LogP) is -1.14. The van der Waals surface area contributed by atoms with Gasteiger partial charge in [-0.05, 0) is 6.07 Å². The summed E-state index contributed by atoms with van der Waals surface area (Å²) in [6.07, 6.45) is 0. The van der Waals surface area contributed by atoms with Crippen molar-refractivity contribution in [3.8, 4) is 23.0 Å². The fourth-order valence-corrected chi connectivity index (χ4v) is 1.55. The molecule has 0 saturated heterocycles. The Hall–Kier alpha value is -1.69. The molecule has 0 aliphatic rings. The summed E-state index contributed by atoms with van der Waals surface area (Å²) >= 11 is 0. The Bertz CT molecular complexity index is 616. The average molecular weight is 270 g/mol. The smallest absolute Gasteiger partial charge is 1.00 e. The van der Waals surface area contributed by atoms with Gasteiger partial charge in [-0.15, -0.1) is 0 Å². The van der Waals surface area contributed by atoms with Gasteiger partial charge in [-0.3, -0.25) is 4.79 Å². The Balaban J connectivity index is 0.00000180. The van der Waals surface area contributed by atoms with E-state index in [2.05, 4.69) is 0 Å². The van der Waals surface area contributed by atoms with Crippen molar-refractivity contribution in [2.24, 2.45) is 0 Å². The van der Waals surface area contributed by atoms with Crippen LogP contribution in [0.4, 0.5) is 0 Å². The third-order valence-corrected chi connectivity index (χ3v) is 2.51. The van der Waals surface area contributed by atoms with Crippen molar-refractivity contribution in [1.82, 2.24) is 0 Å². The molecule has 0 aliphatic heterocycles. The van der Waals surface area contributed by atoms with E-state index in [4.69, 9.17) is 0 Å². The summed E-state index contributed by atoms with van der Waals surface area (Å²) in [6.45, 7) is 0. The van der Waals surface area contributed by atoms with Crippen molar-refractivity contribution in [2.75, 3.05) is 0 Å². The molecule has 0 heterocycles. The van der Waals surface area contributed by atoms with E-state index < -0.39 is 28.8 Å². The minimum Gasteiger partial charge on any atom is -1.00 e. The van der Waals surface area contributed by atoms with Gasteiger partial charge in [-0.2, -0.15) is 0 Å². The summed E-state index contributed by atoms with van der Waals surface area (Å²) < 4.78 is 0. The van der Waals surface area contributed by atoms with Crippen molar-refractivity contribution < 1.29 is 56.2 Å². The predicted molar refractivity (Wildman–Crippen MR) is 64.1 cm³/mol. The molecule has 0 unspecified atom stereocenters. The van der Waals surface area contributed by atoms with E-state index in [9.17, 15) is 25.2 Å². The number of hydrogen-bond donors (Lipinski definition) is 4. The number of aromatic hydroxyl groups is 4. The molecule has 0 amide bonds. The Morgan fingerprint density at radius 3 is 2.05 bits per heavy atom. The number of ketones is 1. The van der Waals surface area contributed by atoms with Gasteiger partial charge < -0.3 is 21.9 Å². The van der Waals surface area contributed by atoms with Crippen LogP contribution in [0, 0.1) is 0 Å². The van der Waals surface area contributed by atoms with Crippen molar-refractivity contribution >= 4 is 5.78 Å². The summed E-state index contributed by atoms with van der Waals surface area (Å²) in [5.41, 5.74) is 0.00582. The van der Waals surface area contributed by atoms with E-state index in [1.54, 1.807) is 18.2 Å². The normalized spacial score (nSPS) is 9.68. The number of rotatable bonds is 2. The van der Waals surface area contributed by atoms with Crippen LogP contribution in [0.1, 0.15) is 17.3 Å². The molecular weight excluding hydrogens is 259 g/mol. The molecule has 0 radical (unpaired) electrons. The Morgan fingerprint density at radius 2 is 1.47 bits per heavy atom. The van der Waals surface area contributed by atoms with E-state index in [-0.39, 0.29) is 42.1 Å². The van der Waals surface area contributed by atoms with Gasteiger partial charge in [0.15, 0.2) is 17.3 Å². The summed E-state index contributed by atoms with van der Waals surface area (Å²) in [5, 5.41) is 37.5. The maximum absolute atomic E-state index is 12.0. The summed E-state index contributed by atoms with van der Waals surface area (Å²) in [6, 6.07) is 8.97. The second kappa shape index (κ2) is 5.97. The summed E-state index contributed by atoms with van der Waals surface area (Å²) in [4.78, 5) is 12.0. The van der Waals surface area contributed by atoms with Gasteiger partial charge in [-0.1, -0.05) is 30.3 Å². The first-order valence-electron chi connectivity index (χ1n) is 5.09. The van der Waals surface area contributed by atoms with Crippen molar-refractivity contribution in [2.45, 2.75) is 0 Å². The van der Waals surface area contributed by atoms with E-state index in [0.717, 1.165) is 6.07 Å². The number of carbonyl (C=O) groups is 1. The van der Waals surface area contributed by atoms with E-state index in [1.165, 1.54) is 12.1 Å². The van der Waals surface area contributed by atoms with E-state index in [0.29, 0.717) is 0 Å². The summed E-state index contributed by atoms with van der Waals surface area (Å²) in [5.74, 6) is -3.80. The van der Waals surface area contributed by atoms with Crippen LogP contribution in [0.15, 0.2) is 36.4 Å². The maximum atomic E-state index is 12.0. The molecule has 6 heteroatoms. The van der Waals surface area contributed by atoms with Crippen molar-refractivity contribution in [1.29, 1.82) is 0 Å². The zero-order valence-corrected chi connectivity index (χ0v) is 12.2. The molecule has 0 atom stereocenters. The zero-order chi connectivity index (χ0) is 13.3. The van der Waals surface area contributed by atoms with Crippen LogP contribution in [0.3, 0.4) is 0 Å². The average Bonchev–Trinajstić information content (AvgIpc) is 2.41. The number of benzene rings is 2. The van der Waals surface area contributed by atoms with E-state index in [1.807, 2.05) is 0 Å². The van der Waals surface area contributed by atoms with Gasteiger partial charge in [0.25, 0.3) is 0 Å². The minimum atomic E-state index is -0.922. The molecule has 4 N–H and O–H groups in total. The van der Waals surface area contributed by atoms with Crippen LogP contribution < -0.4 is 29.6 Å². The molecule has 2 aromatic rings. The molecule has 2 aromatic carbocycles. The Kier molecular flexibility index (Phi) is 4.83. The minimum absolute atomic E-state index is 0. The van der Waals surface area contributed by atoms with Crippen LogP contribution in [0.5, 0.6) is 23.0 Å². The van der Waals surface area contributed by atoms with Crippen LogP contribution in [-0.4, -0.2) is 26.2 Å². The number of phenolic OH excluding ortho intramolecular Hbond substituents is 4. The second-order valence-electron chi connectivity index (χ2n) is 3.68. The second-order valence-corrected chi connectivity index (χ2v) is 3.68. The molecule has 0 aliphatic carbocycles. The third-order valence-electron chi connectivity index (χ3n) is 2.51. The van der Waals surface area contributed by atoms with Crippen LogP contribution in [0.2, 0.25) is 0 Å². The first-order valence-corrected chi connectivity index (χ1v) is 5.09. The Labute approximate surface area is 132 Å². The van der Waals surface area contributed by atoms with Crippen LogP contribution in [-0.2, 0) is 0 Å². The summed E-state index contributed by atoms with van der Waals surface area (Å²) in [7, 11) is 0. The molecule has 0 saturated carbocycles. The van der Waals surface area contributed by atoms with Crippen LogP contribution >= 0.6 is 0 Å². The van der Waals surface area contributed by atoms with Gasteiger partial charge in [0, 0.05) is 5.56 Å². The first kappa shape index (κ1) is 15.4. The fourth-order valence-electron chi connectivity index (χ4n) is 1.55. The number of hydrogen-bond acceptors (Lipinski definition) is 5. The first-order chi connectivity index (χ1) is 8.52. The third kappa shape index (κ3) is 2.84. The molecular formula is C13H11NaO5. The van der Waals surface area contributed by atoms with Crippen molar-refractivity contribution in [3.05, 3.63) is 47.5 Å². The van der Waals surface area contributed by atoms with Gasteiger partial charge >= 0.3 is 29.6 Å². The topological polar surface area (TPSA) is 98.0 Å². The monoisotopic (exact) mass is 270 g/mol. The van der Waals surface area contributed by atoms with Gasteiger partial charge in [-0.25, -0.2) is 0 Å². The molecule has 0 aromatic heterocycles. The largest absolute Gasteiger partial charge is 1.00 e. The molecule has 0 bridgehead atoms. The fraction of sp³-hybridized carbons (Fsp3) is 0. The SMILES string of the molecule is O=C(c1ccccc1)c1cc(O)c(O)c(O)c1O.[H-].[Na+]. The maximum Gasteiger partial charge on any atom is 1.00 e. The quantitative estimate of drug-likeness (QED) is 0.239.